The molecule has 1 N–H and O–H groups in total. The number of amides is 1. The fourth-order valence-corrected chi connectivity index (χ4v) is 2.89. The Kier molecular flexibility index (Phi) is 5.74. The van der Waals surface area contributed by atoms with E-state index in [9.17, 15) is 4.79 Å². The lowest BCUT2D eigenvalue weighted by Crippen LogP contribution is -2.13. The van der Waals surface area contributed by atoms with Crippen LogP contribution in [0, 0.1) is 0 Å². The summed E-state index contributed by atoms with van der Waals surface area (Å²) < 4.78 is 5.66. The number of hydrogen-bond donors (Lipinski definition) is 1. The predicted molar refractivity (Wildman–Crippen MR) is 100 cm³/mol. The van der Waals surface area contributed by atoms with Crippen molar-refractivity contribution in [3.63, 3.8) is 0 Å². The Labute approximate surface area is 150 Å². The van der Waals surface area contributed by atoms with Gasteiger partial charge in [-0.05, 0) is 42.8 Å². The molecule has 0 bridgehead atoms. The van der Waals surface area contributed by atoms with Gasteiger partial charge in [0.15, 0.2) is 5.13 Å². The van der Waals surface area contributed by atoms with Crippen LogP contribution in [-0.2, 0) is 0 Å². The first-order valence-electron chi connectivity index (χ1n) is 8.17. The van der Waals surface area contributed by atoms with Crippen molar-refractivity contribution in [1.29, 1.82) is 0 Å². The Hall–Kier alpha value is -2.73. The third-order valence-electron chi connectivity index (χ3n) is 3.54. The van der Waals surface area contributed by atoms with E-state index >= 15 is 0 Å². The summed E-state index contributed by atoms with van der Waals surface area (Å²) in [6.07, 6.45) is 3.75. The van der Waals surface area contributed by atoms with Crippen LogP contribution in [0.15, 0.2) is 54.0 Å². The van der Waals surface area contributed by atoms with Crippen molar-refractivity contribution < 1.29 is 9.53 Å². The van der Waals surface area contributed by atoms with Crippen molar-refractivity contribution in [2.45, 2.75) is 19.8 Å². The lowest BCUT2D eigenvalue weighted by molar-refractivity contribution is 0.102. The molecule has 0 fully saturated rings. The lowest BCUT2D eigenvalue weighted by Gasteiger charge is -2.05. The molecule has 0 radical (unpaired) electrons. The molecule has 3 aromatic rings. The number of pyridine rings is 1. The molecule has 0 aliphatic heterocycles. The van der Waals surface area contributed by atoms with Gasteiger partial charge in [-0.1, -0.05) is 19.4 Å². The standard InChI is InChI=1S/C19H19N3O2S/c1-2-3-12-24-15-9-7-14(8-10-15)17-13-25-19(21-17)22-18(23)16-6-4-5-11-20-16/h4-11,13H,2-3,12H2,1H3,(H,21,22,23). The number of nitrogens with zero attached hydrogens (tertiary/aromatic N) is 2. The monoisotopic (exact) mass is 353 g/mol. The van der Waals surface area contributed by atoms with Crippen molar-refractivity contribution >= 4 is 22.4 Å². The van der Waals surface area contributed by atoms with Gasteiger partial charge in [-0.3, -0.25) is 15.1 Å². The fraction of sp³-hybridized carbons (Fsp3) is 0.211. The number of ether oxygens (including phenoxy) is 1. The maximum absolute atomic E-state index is 12.1. The first-order valence-corrected chi connectivity index (χ1v) is 9.05. The van der Waals surface area contributed by atoms with Gasteiger partial charge in [-0.2, -0.15) is 0 Å². The molecule has 0 saturated carbocycles. The molecule has 0 unspecified atom stereocenters. The Morgan fingerprint density at radius 1 is 1.20 bits per heavy atom. The van der Waals surface area contributed by atoms with E-state index in [2.05, 4.69) is 22.2 Å². The summed E-state index contributed by atoms with van der Waals surface area (Å²) in [7, 11) is 0. The van der Waals surface area contributed by atoms with E-state index in [0.29, 0.717) is 10.8 Å². The first-order chi connectivity index (χ1) is 12.3. The molecule has 0 atom stereocenters. The molecule has 25 heavy (non-hydrogen) atoms. The maximum Gasteiger partial charge on any atom is 0.276 e. The van der Waals surface area contributed by atoms with Gasteiger partial charge < -0.3 is 4.74 Å². The summed E-state index contributed by atoms with van der Waals surface area (Å²) in [5.74, 6) is 0.595. The molecule has 5 nitrogen and oxygen atoms in total. The van der Waals surface area contributed by atoms with Crippen molar-refractivity contribution in [1.82, 2.24) is 9.97 Å². The lowest BCUT2D eigenvalue weighted by atomic mass is 10.2. The number of hydrogen-bond acceptors (Lipinski definition) is 5. The number of aromatic nitrogens is 2. The molecule has 2 aromatic heterocycles. The Balaban J connectivity index is 1.64. The highest BCUT2D eigenvalue weighted by molar-refractivity contribution is 7.14. The molecule has 2 heterocycles. The van der Waals surface area contributed by atoms with Gasteiger partial charge in [0.05, 0.1) is 12.3 Å². The number of unbranched alkanes of at least 4 members (excludes halogenated alkanes) is 1. The minimum atomic E-state index is -0.263. The van der Waals surface area contributed by atoms with Gasteiger partial charge in [-0.15, -0.1) is 11.3 Å². The number of carbonyl (C=O) groups excluding carboxylic acids is 1. The van der Waals surface area contributed by atoms with E-state index < -0.39 is 0 Å². The van der Waals surface area contributed by atoms with Crippen molar-refractivity contribution in [2.75, 3.05) is 11.9 Å². The summed E-state index contributed by atoms with van der Waals surface area (Å²) in [6.45, 7) is 2.87. The molecule has 3 rings (SSSR count). The van der Waals surface area contributed by atoms with Crippen LogP contribution in [0.3, 0.4) is 0 Å². The second-order valence-electron chi connectivity index (χ2n) is 5.43. The smallest absolute Gasteiger partial charge is 0.276 e. The predicted octanol–water partition coefficient (Wildman–Crippen LogP) is 4.64. The maximum atomic E-state index is 12.1. The highest BCUT2D eigenvalue weighted by Crippen LogP contribution is 2.26. The second kappa shape index (κ2) is 8.39. The SMILES string of the molecule is CCCCOc1ccc(-c2csc(NC(=O)c3ccccn3)n2)cc1. The van der Waals surface area contributed by atoms with Crippen LogP contribution in [0.5, 0.6) is 5.75 Å². The van der Waals surface area contributed by atoms with Crippen LogP contribution in [0.2, 0.25) is 0 Å². The number of anilines is 1. The third-order valence-corrected chi connectivity index (χ3v) is 4.30. The average molecular weight is 353 g/mol. The summed E-state index contributed by atoms with van der Waals surface area (Å²) in [5, 5.41) is 5.24. The molecule has 0 saturated heterocycles. The summed E-state index contributed by atoms with van der Waals surface area (Å²) in [5.41, 5.74) is 2.17. The van der Waals surface area contributed by atoms with Crippen LogP contribution in [0.25, 0.3) is 11.3 Å². The van der Waals surface area contributed by atoms with Gasteiger partial charge >= 0.3 is 0 Å². The van der Waals surface area contributed by atoms with Crippen LogP contribution < -0.4 is 10.1 Å². The van der Waals surface area contributed by atoms with Crippen LogP contribution in [0.4, 0.5) is 5.13 Å². The molecule has 0 spiro atoms. The van der Waals surface area contributed by atoms with E-state index in [1.165, 1.54) is 11.3 Å². The largest absolute Gasteiger partial charge is 0.494 e. The molecular weight excluding hydrogens is 334 g/mol. The van der Waals surface area contributed by atoms with Gasteiger partial charge in [0.2, 0.25) is 0 Å². The van der Waals surface area contributed by atoms with E-state index in [4.69, 9.17) is 4.74 Å². The highest BCUT2D eigenvalue weighted by atomic mass is 32.1. The zero-order chi connectivity index (χ0) is 17.5. The van der Waals surface area contributed by atoms with Gasteiger partial charge in [0, 0.05) is 17.1 Å². The number of thiazole rings is 1. The highest BCUT2D eigenvalue weighted by Gasteiger charge is 2.10. The molecule has 1 aromatic carbocycles. The van der Waals surface area contributed by atoms with Crippen LogP contribution in [-0.4, -0.2) is 22.5 Å². The van der Waals surface area contributed by atoms with E-state index in [0.717, 1.165) is 36.5 Å². The van der Waals surface area contributed by atoms with Crippen LogP contribution in [0.1, 0.15) is 30.3 Å². The normalized spacial score (nSPS) is 10.4. The topological polar surface area (TPSA) is 64.1 Å². The third kappa shape index (κ3) is 4.64. The Bertz CT molecular complexity index is 816. The summed E-state index contributed by atoms with van der Waals surface area (Å²) in [6, 6.07) is 13.0. The number of benzene rings is 1. The van der Waals surface area contributed by atoms with E-state index in [1.54, 1.807) is 24.4 Å². The van der Waals surface area contributed by atoms with Gasteiger partial charge in [-0.25, -0.2) is 4.98 Å². The molecule has 1 amide bonds. The van der Waals surface area contributed by atoms with Crippen molar-refractivity contribution in [3.05, 3.63) is 59.7 Å². The van der Waals surface area contributed by atoms with E-state index in [1.807, 2.05) is 29.6 Å². The Morgan fingerprint density at radius 2 is 2.04 bits per heavy atom. The molecule has 0 aliphatic rings. The minimum absolute atomic E-state index is 0.263. The minimum Gasteiger partial charge on any atom is -0.494 e. The average Bonchev–Trinajstić information content (AvgIpc) is 3.12. The summed E-state index contributed by atoms with van der Waals surface area (Å²) >= 11 is 1.39. The van der Waals surface area contributed by atoms with Crippen molar-refractivity contribution in [2.24, 2.45) is 0 Å². The molecule has 128 valence electrons. The zero-order valence-electron chi connectivity index (χ0n) is 13.9. The quantitative estimate of drug-likeness (QED) is 0.629. The van der Waals surface area contributed by atoms with Gasteiger partial charge in [0.25, 0.3) is 5.91 Å². The fourth-order valence-electron chi connectivity index (χ4n) is 2.18. The van der Waals surface area contributed by atoms with Crippen LogP contribution >= 0.6 is 11.3 Å². The second-order valence-corrected chi connectivity index (χ2v) is 6.29. The van der Waals surface area contributed by atoms with E-state index in [-0.39, 0.29) is 5.91 Å². The zero-order valence-corrected chi connectivity index (χ0v) is 14.8. The Morgan fingerprint density at radius 3 is 2.76 bits per heavy atom. The van der Waals surface area contributed by atoms with Crippen molar-refractivity contribution in [3.8, 4) is 17.0 Å². The number of carbonyl (C=O) groups is 1. The summed E-state index contributed by atoms with van der Waals surface area (Å²) in [4.78, 5) is 20.6. The number of nitrogens with one attached hydrogen (secondary N) is 1. The molecular formula is C19H19N3O2S. The number of rotatable bonds is 7. The molecule has 0 aliphatic carbocycles. The van der Waals surface area contributed by atoms with Gasteiger partial charge in [0.1, 0.15) is 11.4 Å². The molecule has 6 heteroatoms. The first kappa shape index (κ1) is 17.1.